The van der Waals surface area contributed by atoms with Crippen LogP contribution in [0.4, 0.5) is 0 Å². The number of nitrogens with zero attached hydrogens (tertiary/aromatic N) is 2. The molecule has 1 heterocycles. The lowest BCUT2D eigenvalue weighted by Crippen LogP contribution is -2.24. The summed E-state index contributed by atoms with van der Waals surface area (Å²) in [4.78, 5) is 12.2. The highest BCUT2D eigenvalue weighted by atomic mass is 16.1. The lowest BCUT2D eigenvalue weighted by molar-refractivity contribution is 0.0945. The first-order valence-corrected chi connectivity index (χ1v) is 7.46. The van der Waals surface area contributed by atoms with Crippen molar-refractivity contribution < 1.29 is 4.79 Å². The van der Waals surface area contributed by atoms with Crippen molar-refractivity contribution in [2.24, 2.45) is 0 Å². The molecule has 0 saturated heterocycles. The number of hydrogen-bond donors (Lipinski definition) is 1. The first kappa shape index (κ1) is 14.9. The van der Waals surface area contributed by atoms with Crippen LogP contribution in [-0.2, 0) is 6.54 Å². The minimum atomic E-state index is -0.222. The van der Waals surface area contributed by atoms with Gasteiger partial charge in [0.25, 0.3) is 5.91 Å². The van der Waals surface area contributed by atoms with Crippen LogP contribution >= 0.6 is 0 Å². The van der Waals surface area contributed by atoms with Gasteiger partial charge >= 0.3 is 0 Å². The molecular weight excluding hydrogens is 286 g/mol. The summed E-state index contributed by atoms with van der Waals surface area (Å²) in [5.74, 6) is -0.222. The Morgan fingerprint density at radius 2 is 1.65 bits per heavy atom. The molecule has 0 fully saturated rings. The molecule has 4 nitrogen and oxygen atoms in total. The number of hydrogen-bond acceptors (Lipinski definition) is 3. The smallest absolute Gasteiger partial charge is 0.272 e. The van der Waals surface area contributed by atoms with Crippen molar-refractivity contribution in [2.45, 2.75) is 13.5 Å². The Kier molecular flexibility index (Phi) is 4.43. The number of nitrogens with one attached hydrogen (secondary N) is 1. The quantitative estimate of drug-likeness (QED) is 0.804. The van der Waals surface area contributed by atoms with Crippen molar-refractivity contribution in [3.8, 4) is 11.3 Å². The topological polar surface area (TPSA) is 54.9 Å². The number of aryl methyl sites for hydroxylation is 1. The molecule has 3 aromatic rings. The van der Waals surface area contributed by atoms with E-state index in [2.05, 4.69) is 15.5 Å². The van der Waals surface area contributed by atoms with E-state index in [1.807, 2.05) is 67.6 Å². The highest BCUT2D eigenvalue weighted by Crippen LogP contribution is 2.15. The van der Waals surface area contributed by atoms with E-state index < -0.39 is 0 Å². The van der Waals surface area contributed by atoms with Gasteiger partial charge in [0.2, 0.25) is 0 Å². The largest absolute Gasteiger partial charge is 0.347 e. The molecule has 0 spiro atoms. The fourth-order valence-electron chi connectivity index (χ4n) is 2.29. The van der Waals surface area contributed by atoms with Crippen molar-refractivity contribution in [3.05, 3.63) is 83.6 Å². The number of carbonyl (C=O) groups excluding carboxylic acids is 1. The summed E-state index contributed by atoms with van der Waals surface area (Å²) in [7, 11) is 0. The fraction of sp³-hybridized carbons (Fsp3) is 0.105. The molecule has 114 valence electrons. The summed E-state index contributed by atoms with van der Waals surface area (Å²) in [6.45, 7) is 2.50. The van der Waals surface area contributed by atoms with Crippen molar-refractivity contribution >= 4 is 5.91 Å². The second-order valence-electron chi connectivity index (χ2n) is 5.28. The molecule has 0 bridgehead atoms. The van der Waals surface area contributed by atoms with E-state index in [-0.39, 0.29) is 5.91 Å². The van der Waals surface area contributed by atoms with E-state index in [4.69, 9.17) is 0 Å². The van der Waals surface area contributed by atoms with Crippen LogP contribution in [-0.4, -0.2) is 16.1 Å². The summed E-state index contributed by atoms with van der Waals surface area (Å²) in [6.07, 6.45) is 0. The third-order valence-electron chi connectivity index (χ3n) is 3.67. The van der Waals surface area contributed by atoms with Gasteiger partial charge in [-0.15, -0.1) is 10.2 Å². The van der Waals surface area contributed by atoms with E-state index in [9.17, 15) is 4.79 Å². The third-order valence-corrected chi connectivity index (χ3v) is 3.67. The average Bonchev–Trinajstić information content (AvgIpc) is 2.62. The Hall–Kier alpha value is -3.01. The first-order valence-electron chi connectivity index (χ1n) is 7.46. The minimum Gasteiger partial charge on any atom is -0.347 e. The maximum absolute atomic E-state index is 12.2. The molecule has 1 N–H and O–H groups in total. The predicted molar refractivity (Wildman–Crippen MR) is 89.8 cm³/mol. The number of carbonyl (C=O) groups is 1. The van der Waals surface area contributed by atoms with E-state index in [0.717, 1.165) is 22.4 Å². The van der Waals surface area contributed by atoms with Crippen LogP contribution in [0.25, 0.3) is 11.3 Å². The van der Waals surface area contributed by atoms with Gasteiger partial charge in [-0.1, -0.05) is 54.6 Å². The van der Waals surface area contributed by atoms with Gasteiger partial charge in [0.15, 0.2) is 5.69 Å². The summed E-state index contributed by atoms with van der Waals surface area (Å²) in [6, 6.07) is 21.2. The molecule has 1 amide bonds. The minimum absolute atomic E-state index is 0.222. The predicted octanol–water partition coefficient (Wildman–Crippen LogP) is 3.38. The molecule has 0 atom stereocenters. The van der Waals surface area contributed by atoms with E-state index in [1.165, 1.54) is 0 Å². The van der Waals surface area contributed by atoms with Crippen LogP contribution in [0.15, 0.2) is 66.7 Å². The summed E-state index contributed by atoms with van der Waals surface area (Å²) >= 11 is 0. The summed E-state index contributed by atoms with van der Waals surface area (Å²) < 4.78 is 0. The van der Waals surface area contributed by atoms with Crippen molar-refractivity contribution in [1.29, 1.82) is 0 Å². The number of rotatable bonds is 4. The molecule has 4 heteroatoms. The van der Waals surface area contributed by atoms with Gasteiger partial charge < -0.3 is 5.32 Å². The van der Waals surface area contributed by atoms with Crippen LogP contribution in [0.5, 0.6) is 0 Å². The van der Waals surface area contributed by atoms with Crippen LogP contribution < -0.4 is 5.32 Å². The van der Waals surface area contributed by atoms with Crippen molar-refractivity contribution in [1.82, 2.24) is 15.5 Å². The van der Waals surface area contributed by atoms with Gasteiger partial charge in [-0.05, 0) is 30.2 Å². The van der Waals surface area contributed by atoms with Crippen LogP contribution in [0.3, 0.4) is 0 Å². The van der Waals surface area contributed by atoms with Crippen LogP contribution in [0.2, 0.25) is 0 Å². The van der Waals surface area contributed by atoms with E-state index >= 15 is 0 Å². The van der Waals surface area contributed by atoms with Gasteiger partial charge in [-0.2, -0.15) is 0 Å². The Morgan fingerprint density at radius 1 is 0.913 bits per heavy atom. The lowest BCUT2D eigenvalue weighted by atomic mass is 10.1. The molecule has 23 heavy (non-hydrogen) atoms. The SMILES string of the molecule is Cc1ccccc1CNC(=O)c1ccc(-c2ccccc2)nn1. The number of aromatic nitrogens is 2. The van der Waals surface area contributed by atoms with Gasteiger partial charge in [-0.3, -0.25) is 4.79 Å². The average molecular weight is 303 g/mol. The van der Waals surface area contributed by atoms with Crippen LogP contribution in [0.1, 0.15) is 21.6 Å². The molecule has 0 unspecified atom stereocenters. The lowest BCUT2D eigenvalue weighted by Gasteiger charge is -2.07. The monoisotopic (exact) mass is 303 g/mol. The molecule has 3 rings (SSSR count). The van der Waals surface area contributed by atoms with Gasteiger partial charge in [-0.25, -0.2) is 0 Å². The standard InChI is InChI=1S/C19H17N3O/c1-14-7-5-6-10-16(14)13-20-19(23)18-12-11-17(21-22-18)15-8-3-2-4-9-15/h2-12H,13H2,1H3,(H,20,23). The second-order valence-corrected chi connectivity index (χ2v) is 5.28. The zero-order valence-corrected chi connectivity index (χ0v) is 12.9. The summed E-state index contributed by atoms with van der Waals surface area (Å²) in [5.41, 5.74) is 4.29. The second kappa shape index (κ2) is 6.83. The molecule has 1 aromatic heterocycles. The van der Waals surface area contributed by atoms with Crippen LogP contribution in [0, 0.1) is 6.92 Å². The maximum Gasteiger partial charge on any atom is 0.272 e. The molecule has 0 aliphatic heterocycles. The molecular formula is C19H17N3O. The van der Waals surface area contributed by atoms with Crippen molar-refractivity contribution in [2.75, 3.05) is 0 Å². The Bertz CT molecular complexity index is 798. The molecule has 0 aliphatic rings. The normalized spacial score (nSPS) is 10.3. The summed E-state index contributed by atoms with van der Waals surface area (Å²) in [5, 5.41) is 11.0. The first-order chi connectivity index (χ1) is 11.2. The molecule has 0 saturated carbocycles. The van der Waals surface area contributed by atoms with Gasteiger partial charge in [0.05, 0.1) is 5.69 Å². The zero-order chi connectivity index (χ0) is 16.1. The number of amides is 1. The van der Waals surface area contributed by atoms with Crippen molar-refractivity contribution in [3.63, 3.8) is 0 Å². The highest BCUT2D eigenvalue weighted by molar-refractivity contribution is 5.92. The van der Waals surface area contributed by atoms with Gasteiger partial charge in [0, 0.05) is 12.1 Å². The Morgan fingerprint density at radius 3 is 2.35 bits per heavy atom. The third kappa shape index (κ3) is 3.61. The van der Waals surface area contributed by atoms with Gasteiger partial charge in [0.1, 0.15) is 0 Å². The number of benzene rings is 2. The molecule has 2 aromatic carbocycles. The Labute approximate surface area is 135 Å². The fourth-order valence-corrected chi connectivity index (χ4v) is 2.29. The molecule has 0 aliphatic carbocycles. The highest BCUT2D eigenvalue weighted by Gasteiger charge is 2.09. The maximum atomic E-state index is 12.2. The Balaban J connectivity index is 1.67. The molecule has 0 radical (unpaired) electrons. The zero-order valence-electron chi connectivity index (χ0n) is 12.9. The van der Waals surface area contributed by atoms with E-state index in [0.29, 0.717) is 12.2 Å². The van der Waals surface area contributed by atoms with E-state index in [1.54, 1.807) is 6.07 Å².